The Morgan fingerprint density at radius 3 is 2.65 bits per heavy atom. The van der Waals surface area contributed by atoms with Crippen LogP contribution >= 0.6 is 15.9 Å². The molecule has 23 heavy (non-hydrogen) atoms. The van der Waals surface area contributed by atoms with Gasteiger partial charge < -0.3 is 0 Å². The van der Waals surface area contributed by atoms with E-state index in [2.05, 4.69) is 58.4 Å². The van der Waals surface area contributed by atoms with Crippen molar-refractivity contribution >= 4 is 21.7 Å². The molecule has 0 unspecified atom stereocenters. The van der Waals surface area contributed by atoms with E-state index in [1.165, 1.54) is 22.3 Å². The second kappa shape index (κ2) is 6.09. The second-order valence-electron chi connectivity index (χ2n) is 6.52. The molecule has 4 rings (SSSR count). The van der Waals surface area contributed by atoms with Gasteiger partial charge >= 0.3 is 0 Å². The van der Waals surface area contributed by atoms with Crippen LogP contribution in [0.4, 0.5) is 0 Å². The smallest absolute Gasteiger partial charge is 0.159 e. The second-order valence-corrected chi connectivity index (χ2v) is 7.44. The van der Waals surface area contributed by atoms with Gasteiger partial charge in [-0.2, -0.15) is 0 Å². The van der Waals surface area contributed by atoms with Gasteiger partial charge in [-0.1, -0.05) is 57.9 Å². The van der Waals surface area contributed by atoms with Crippen molar-refractivity contribution in [1.29, 1.82) is 0 Å². The van der Waals surface area contributed by atoms with Crippen LogP contribution < -0.4 is 0 Å². The molecule has 0 aromatic heterocycles. The van der Waals surface area contributed by atoms with E-state index in [1.807, 2.05) is 6.07 Å². The number of hydrogen-bond donors (Lipinski definition) is 0. The highest BCUT2D eigenvalue weighted by Gasteiger charge is 2.32. The first kappa shape index (κ1) is 14.9. The van der Waals surface area contributed by atoms with Crippen molar-refractivity contribution in [3.8, 4) is 0 Å². The first-order valence-electron chi connectivity index (χ1n) is 8.30. The first-order valence-corrected chi connectivity index (χ1v) is 9.09. The van der Waals surface area contributed by atoms with Gasteiger partial charge in [0.15, 0.2) is 5.78 Å². The normalized spacial score (nSPS) is 20.2. The molecule has 0 heterocycles. The molecule has 0 fully saturated rings. The van der Waals surface area contributed by atoms with Crippen molar-refractivity contribution in [3.63, 3.8) is 0 Å². The molecule has 1 nitrogen and oxygen atoms in total. The minimum absolute atomic E-state index is 0.362. The average Bonchev–Trinajstić information content (AvgIpc) is 2.57. The van der Waals surface area contributed by atoms with Gasteiger partial charge in [-0.15, -0.1) is 0 Å². The number of aryl methyl sites for hydroxylation is 1. The minimum atomic E-state index is 0.362. The van der Waals surface area contributed by atoms with E-state index < -0.39 is 0 Å². The van der Waals surface area contributed by atoms with Gasteiger partial charge in [-0.25, -0.2) is 0 Å². The molecular weight excluding hydrogens is 348 g/mol. The highest BCUT2D eigenvalue weighted by atomic mass is 79.9. The van der Waals surface area contributed by atoms with E-state index >= 15 is 0 Å². The Kier molecular flexibility index (Phi) is 3.94. The van der Waals surface area contributed by atoms with Crippen LogP contribution in [0.25, 0.3) is 0 Å². The predicted octanol–water partition coefficient (Wildman–Crippen LogP) is 5.38. The number of benzene rings is 2. The van der Waals surface area contributed by atoms with Gasteiger partial charge in [0.25, 0.3) is 0 Å². The number of allylic oxidation sites excluding steroid dienone is 2. The number of rotatable bonds is 2. The van der Waals surface area contributed by atoms with Crippen molar-refractivity contribution < 1.29 is 4.79 Å². The Bertz CT molecular complexity index is 789. The molecule has 0 spiro atoms. The maximum absolute atomic E-state index is 12.6. The molecule has 0 saturated heterocycles. The molecule has 2 aliphatic rings. The molecule has 0 radical (unpaired) electrons. The number of fused-ring (bicyclic) bond motifs is 3. The largest absolute Gasteiger partial charge is 0.295 e. The van der Waals surface area contributed by atoms with Crippen LogP contribution in [0.15, 0.2) is 64.1 Å². The molecule has 116 valence electrons. The first-order chi connectivity index (χ1) is 11.2. The van der Waals surface area contributed by atoms with Crippen molar-refractivity contribution in [2.24, 2.45) is 0 Å². The van der Waals surface area contributed by atoms with E-state index in [0.717, 1.165) is 35.7 Å². The van der Waals surface area contributed by atoms with Crippen LogP contribution in [0.5, 0.6) is 0 Å². The lowest BCUT2D eigenvalue weighted by Gasteiger charge is -2.34. The fraction of sp³-hybridized carbons (Fsp3) is 0.286. The van der Waals surface area contributed by atoms with E-state index in [-0.39, 0.29) is 0 Å². The van der Waals surface area contributed by atoms with Crippen LogP contribution in [0, 0.1) is 0 Å². The fourth-order valence-corrected chi connectivity index (χ4v) is 4.48. The summed E-state index contributed by atoms with van der Waals surface area (Å²) in [4.78, 5) is 12.6. The third-order valence-electron chi connectivity index (χ3n) is 5.17. The number of carbonyl (C=O) groups is 1. The lowest BCUT2D eigenvalue weighted by atomic mass is 9.70. The Balaban J connectivity index is 1.75. The van der Waals surface area contributed by atoms with Gasteiger partial charge in [-0.3, -0.25) is 4.79 Å². The van der Waals surface area contributed by atoms with Crippen molar-refractivity contribution in [1.82, 2.24) is 0 Å². The van der Waals surface area contributed by atoms with Crippen LogP contribution in [-0.2, 0) is 17.6 Å². The van der Waals surface area contributed by atoms with Crippen molar-refractivity contribution in [3.05, 3.63) is 80.8 Å². The van der Waals surface area contributed by atoms with Gasteiger partial charge in [0, 0.05) is 23.2 Å². The Morgan fingerprint density at radius 2 is 1.83 bits per heavy atom. The van der Waals surface area contributed by atoms with Gasteiger partial charge in [0.2, 0.25) is 0 Å². The van der Waals surface area contributed by atoms with Gasteiger partial charge in [0.05, 0.1) is 0 Å². The van der Waals surface area contributed by atoms with Gasteiger partial charge in [0.1, 0.15) is 0 Å². The summed E-state index contributed by atoms with van der Waals surface area (Å²) >= 11 is 3.58. The third kappa shape index (κ3) is 2.81. The Morgan fingerprint density at radius 1 is 1.00 bits per heavy atom. The zero-order valence-corrected chi connectivity index (χ0v) is 14.6. The van der Waals surface area contributed by atoms with Crippen LogP contribution in [0.3, 0.4) is 0 Å². The maximum Gasteiger partial charge on any atom is 0.159 e. The molecule has 0 amide bonds. The molecule has 0 saturated carbocycles. The van der Waals surface area contributed by atoms with Crippen molar-refractivity contribution in [2.75, 3.05) is 0 Å². The Labute approximate surface area is 145 Å². The number of halogens is 1. The van der Waals surface area contributed by atoms with E-state index in [0.29, 0.717) is 18.1 Å². The number of hydrogen-bond acceptors (Lipinski definition) is 1. The molecule has 1 atom stereocenters. The molecule has 0 N–H and O–H groups in total. The van der Waals surface area contributed by atoms with Crippen LogP contribution in [-0.4, -0.2) is 5.78 Å². The Hall–Kier alpha value is -1.67. The maximum atomic E-state index is 12.6. The lowest BCUT2D eigenvalue weighted by Crippen LogP contribution is -2.24. The molecule has 0 bridgehead atoms. The highest BCUT2D eigenvalue weighted by Crippen LogP contribution is 2.44. The summed E-state index contributed by atoms with van der Waals surface area (Å²) in [6.07, 6.45) is 4.53. The summed E-state index contributed by atoms with van der Waals surface area (Å²) in [5.41, 5.74) is 6.61. The molecule has 2 aliphatic carbocycles. The van der Waals surface area contributed by atoms with E-state index in [4.69, 9.17) is 0 Å². The van der Waals surface area contributed by atoms with E-state index in [1.54, 1.807) is 0 Å². The summed E-state index contributed by atoms with van der Waals surface area (Å²) < 4.78 is 1.15. The van der Waals surface area contributed by atoms with Gasteiger partial charge in [-0.05, 0) is 53.7 Å². The molecule has 0 aliphatic heterocycles. The quantitative estimate of drug-likeness (QED) is 0.696. The van der Waals surface area contributed by atoms with Crippen LogP contribution in [0.1, 0.15) is 41.9 Å². The zero-order chi connectivity index (χ0) is 15.8. The number of Topliss-reactive ketones (excluding diaryl/α,β-unsaturated/α-hetero) is 1. The molecule has 2 heteroatoms. The standard InChI is InChI=1S/C21H19BrO/c22-16-7-9-17-15(13-16)6-8-19-18(17)10-11-21(23)20(19)12-14-4-2-1-3-5-14/h1-5,7,9,13,18H,6,8,10-12H2/t18-/m1/s1. The summed E-state index contributed by atoms with van der Waals surface area (Å²) in [5.74, 6) is 0.809. The summed E-state index contributed by atoms with van der Waals surface area (Å²) in [6, 6.07) is 17.0. The van der Waals surface area contributed by atoms with Crippen LogP contribution in [0.2, 0.25) is 0 Å². The predicted molar refractivity (Wildman–Crippen MR) is 96.6 cm³/mol. The average molecular weight is 367 g/mol. The topological polar surface area (TPSA) is 17.1 Å². The highest BCUT2D eigenvalue weighted by molar-refractivity contribution is 9.10. The van der Waals surface area contributed by atoms with Crippen molar-refractivity contribution in [2.45, 2.75) is 38.0 Å². The summed E-state index contributed by atoms with van der Waals surface area (Å²) in [5, 5.41) is 0. The SMILES string of the molecule is O=C1CC[C@H]2C(=C1Cc1ccccc1)CCc1cc(Br)ccc12. The molecule has 2 aromatic carbocycles. The summed E-state index contributed by atoms with van der Waals surface area (Å²) in [7, 11) is 0. The monoisotopic (exact) mass is 366 g/mol. The van der Waals surface area contributed by atoms with E-state index in [9.17, 15) is 4.79 Å². The zero-order valence-electron chi connectivity index (χ0n) is 13.0. The fourth-order valence-electron chi connectivity index (χ4n) is 4.07. The number of ketones is 1. The minimum Gasteiger partial charge on any atom is -0.295 e. The lowest BCUT2D eigenvalue weighted by molar-refractivity contribution is -0.116. The molecular formula is C21H19BrO. The molecule has 2 aromatic rings. The third-order valence-corrected chi connectivity index (χ3v) is 5.67. The number of carbonyl (C=O) groups excluding carboxylic acids is 1. The summed E-state index contributed by atoms with van der Waals surface area (Å²) in [6.45, 7) is 0.